The molecular formula is C52H72B3ClN4. The van der Waals surface area contributed by atoms with E-state index < -0.39 is 5.91 Å². The van der Waals surface area contributed by atoms with Crippen LogP contribution in [0.15, 0.2) is 97.6 Å². The normalized spacial score (nSPS) is 14.6. The zero-order valence-electron chi connectivity index (χ0n) is 39.8. The molecule has 0 atom stereocenters. The number of hydrogen-bond acceptors (Lipinski definition) is 4. The number of anilines is 4. The van der Waals surface area contributed by atoms with E-state index in [1.54, 1.807) is 0 Å². The molecule has 4 aromatic carbocycles. The zero-order chi connectivity index (χ0) is 43.9. The SMILES string of the molecule is CC(C)c1cccc(C(C)C)c1N1C=CN(c2c(C(C)C)cccc2C(C)C)B1B(Cl)B1N(c2c(C(C)C)cccc2C(C)C)C=CN1c1c(C(C)C)cccc1C(C)C. The first-order chi connectivity index (χ1) is 28.4. The molecule has 2 aliphatic heterocycles. The van der Waals surface area contributed by atoms with E-state index >= 15 is 0 Å². The molecule has 316 valence electrons. The first kappa shape index (κ1) is 45.6. The van der Waals surface area contributed by atoms with Gasteiger partial charge in [0, 0.05) is 47.5 Å². The second-order valence-electron chi connectivity index (χ2n) is 19.9. The Kier molecular flexibility index (Phi) is 14.1. The summed E-state index contributed by atoms with van der Waals surface area (Å²) in [5.74, 6) is 2.15. The number of nitrogens with zero attached hydrogens (tertiary/aromatic N) is 4. The van der Waals surface area contributed by atoms with E-state index in [2.05, 4.69) is 228 Å². The third-order valence-corrected chi connectivity index (χ3v) is 13.3. The van der Waals surface area contributed by atoms with Crippen molar-refractivity contribution in [3.05, 3.63) is 142 Å². The summed E-state index contributed by atoms with van der Waals surface area (Å²) in [7, 11) is 0. The van der Waals surface area contributed by atoms with Crippen LogP contribution in [0.1, 0.15) is 203 Å². The molecule has 0 N–H and O–H groups in total. The molecule has 0 aromatic heterocycles. The van der Waals surface area contributed by atoms with Crippen molar-refractivity contribution in [1.29, 1.82) is 0 Å². The van der Waals surface area contributed by atoms with Gasteiger partial charge in [0.15, 0.2) is 0 Å². The van der Waals surface area contributed by atoms with Crippen LogP contribution in [-0.4, -0.2) is 19.7 Å². The topological polar surface area (TPSA) is 13.0 Å². The second kappa shape index (κ2) is 18.6. The highest BCUT2D eigenvalue weighted by Crippen LogP contribution is 2.47. The van der Waals surface area contributed by atoms with Gasteiger partial charge in [0.25, 0.3) is 0 Å². The Labute approximate surface area is 371 Å². The highest BCUT2D eigenvalue weighted by molar-refractivity contribution is 7.68. The van der Waals surface area contributed by atoms with Crippen molar-refractivity contribution in [1.82, 2.24) is 0 Å². The van der Waals surface area contributed by atoms with E-state index in [-0.39, 0.29) is 13.7 Å². The average Bonchev–Trinajstić information content (AvgIpc) is 3.84. The molecule has 8 heteroatoms. The van der Waals surface area contributed by atoms with Crippen LogP contribution in [0.25, 0.3) is 0 Å². The molecule has 0 aliphatic carbocycles. The van der Waals surface area contributed by atoms with Gasteiger partial charge >= 0.3 is 19.7 Å². The molecule has 0 radical (unpaired) electrons. The molecule has 0 fully saturated rings. The molecule has 4 nitrogen and oxygen atoms in total. The predicted molar refractivity (Wildman–Crippen MR) is 270 cm³/mol. The molecule has 0 saturated heterocycles. The highest BCUT2D eigenvalue weighted by Gasteiger charge is 2.56. The van der Waals surface area contributed by atoms with Crippen molar-refractivity contribution < 1.29 is 0 Å². The molecule has 0 spiro atoms. The smallest absolute Gasteiger partial charge is 0.357 e. The first-order valence-corrected chi connectivity index (χ1v) is 23.5. The summed E-state index contributed by atoms with van der Waals surface area (Å²) in [5, 5.41) is 0. The fraction of sp³-hybridized carbons (Fsp3) is 0.462. The van der Waals surface area contributed by atoms with Crippen LogP contribution < -0.4 is 19.2 Å². The van der Waals surface area contributed by atoms with Gasteiger partial charge in [0.1, 0.15) is 0 Å². The van der Waals surface area contributed by atoms with E-state index in [9.17, 15) is 0 Å². The van der Waals surface area contributed by atoms with Crippen molar-refractivity contribution in [3.8, 4) is 0 Å². The molecule has 0 bridgehead atoms. The lowest BCUT2D eigenvalue weighted by Gasteiger charge is -2.42. The number of rotatable bonds is 14. The Hall–Kier alpha value is -3.96. The fourth-order valence-electron chi connectivity index (χ4n) is 9.74. The number of hydrogen-bond donors (Lipinski definition) is 0. The van der Waals surface area contributed by atoms with Crippen molar-refractivity contribution >= 4 is 53.9 Å². The summed E-state index contributed by atoms with van der Waals surface area (Å²) in [6.07, 6.45) is 9.37. The molecule has 0 saturated carbocycles. The second-order valence-corrected chi connectivity index (χ2v) is 20.4. The van der Waals surface area contributed by atoms with Gasteiger partial charge in [-0.05, 0) is 91.9 Å². The lowest BCUT2D eigenvalue weighted by Crippen LogP contribution is -2.67. The summed E-state index contributed by atoms with van der Waals surface area (Å²) in [4.78, 5) is 10.3. The molecular weight excluding hydrogens is 748 g/mol. The van der Waals surface area contributed by atoms with Crippen molar-refractivity contribution in [2.24, 2.45) is 0 Å². The maximum absolute atomic E-state index is 8.68. The molecule has 60 heavy (non-hydrogen) atoms. The van der Waals surface area contributed by atoms with Crippen LogP contribution in [0.3, 0.4) is 0 Å². The van der Waals surface area contributed by atoms with Crippen LogP contribution in [0, 0.1) is 0 Å². The fourth-order valence-corrected chi connectivity index (χ4v) is 10.2. The van der Waals surface area contributed by atoms with Gasteiger partial charge in [-0.3, -0.25) is 0 Å². The Morgan fingerprint density at radius 3 is 0.600 bits per heavy atom. The number of halogens is 1. The number of para-hydroxylation sites is 4. The van der Waals surface area contributed by atoms with Crippen molar-refractivity contribution in [2.45, 2.75) is 158 Å². The van der Waals surface area contributed by atoms with Crippen LogP contribution in [-0.2, 0) is 0 Å². The van der Waals surface area contributed by atoms with E-state index in [4.69, 9.17) is 11.5 Å². The van der Waals surface area contributed by atoms with Gasteiger partial charge in [0.2, 0.25) is 0 Å². The van der Waals surface area contributed by atoms with Gasteiger partial charge in [-0.1, -0.05) is 184 Å². The van der Waals surface area contributed by atoms with Crippen molar-refractivity contribution in [3.63, 3.8) is 0 Å². The summed E-state index contributed by atoms with van der Waals surface area (Å²) in [6, 6.07) is 27.7. The van der Waals surface area contributed by atoms with E-state index in [1.165, 1.54) is 67.3 Å². The van der Waals surface area contributed by atoms with Crippen molar-refractivity contribution in [2.75, 3.05) is 19.2 Å². The maximum Gasteiger partial charge on any atom is 0.357 e. The summed E-state index contributed by atoms with van der Waals surface area (Å²) in [5.41, 5.74) is 15.9. The summed E-state index contributed by atoms with van der Waals surface area (Å²) in [6.45, 7) is 36.7. The third-order valence-electron chi connectivity index (χ3n) is 12.9. The largest absolute Gasteiger partial charge is 0.376 e. The molecule has 4 aromatic rings. The quantitative estimate of drug-likeness (QED) is 0.117. The van der Waals surface area contributed by atoms with Gasteiger partial charge in [-0.15, -0.1) is 0 Å². The minimum absolute atomic E-state index is 0.265. The van der Waals surface area contributed by atoms with E-state index in [0.717, 1.165) is 0 Å². The Bertz CT molecular complexity index is 1780. The predicted octanol–water partition coefficient (Wildman–Crippen LogP) is 15.3. The summed E-state index contributed by atoms with van der Waals surface area (Å²) < 4.78 is 0. The molecule has 2 heterocycles. The third kappa shape index (κ3) is 8.46. The molecule has 0 amide bonds. The minimum Gasteiger partial charge on any atom is -0.376 e. The molecule has 2 aliphatic rings. The highest BCUT2D eigenvalue weighted by atomic mass is 35.5. The number of benzene rings is 4. The molecule has 0 unspecified atom stereocenters. The van der Waals surface area contributed by atoms with Crippen LogP contribution >= 0.6 is 11.5 Å². The van der Waals surface area contributed by atoms with Crippen LogP contribution in [0.4, 0.5) is 22.7 Å². The Morgan fingerprint density at radius 1 is 0.317 bits per heavy atom. The Balaban J connectivity index is 1.72. The maximum atomic E-state index is 8.68. The first-order valence-electron chi connectivity index (χ1n) is 23.0. The molecule has 6 rings (SSSR count). The minimum atomic E-state index is -0.434. The zero-order valence-corrected chi connectivity index (χ0v) is 40.5. The monoisotopic (exact) mass is 821 g/mol. The van der Waals surface area contributed by atoms with E-state index in [0.29, 0.717) is 47.3 Å². The van der Waals surface area contributed by atoms with Gasteiger partial charge in [0.05, 0.1) is 0 Å². The lowest BCUT2D eigenvalue weighted by molar-refractivity contribution is 0.832. The van der Waals surface area contributed by atoms with Gasteiger partial charge < -0.3 is 19.2 Å². The lowest BCUT2D eigenvalue weighted by atomic mass is 9.12. The van der Waals surface area contributed by atoms with Crippen LogP contribution in [0.5, 0.6) is 0 Å². The standard InChI is InChI=1S/C52H72B3ClN4/c1-33(2)41-21-17-22-42(34(3)4)49(41)57-29-30-58(50-43(35(5)6)23-18-24-44(50)36(7)8)54(57)53(56)55-59(51-45(37(9)10)25-19-26-46(51)38(11)12)31-32-60(55)52-47(39(13)14)27-20-28-48(52)40(15)16/h17-40H,1-16H3. The van der Waals surface area contributed by atoms with Gasteiger partial charge in [-0.2, -0.15) is 0 Å². The van der Waals surface area contributed by atoms with Crippen LogP contribution in [0.2, 0.25) is 0 Å². The average molecular weight is 821 g/mol. The summed E-state index contributed by atoms with van der Waals surface area (Å²) >= 11 is 8.68. The van der Waals surface area contributed by atoms with E-state index in [1.807, 2.05) is 0 Å². The Morgan fingerprint density at radius 2 is 0.467 bits per heavy atom. The van der Waals surface area contributed by atoms with Gasteiger partial charge in [-0.25, -0.2) is 11.5 Å².